The highest BCUT2D eigenvalue weighted by Gasteiger charge is 2.18. The fourth-order valence-corrected chi connectivity index (χ4v) is 4.90. The zero-order valence-corrected chi connectivity index (χ0v) is 19.5. The lowest BCUT2D eigenvalue weighted by Crippen LogP contribution is -2.26. The van der Waals surface area contributed by atoms with Crippen LogP contribution in [0.5, 0.6) is 0 Å². The molecule has 4 rings (SSSR count). The average Bonchev–Trinajstić information content (AvgIpc) is 3.31. The van der Waals surface area contributed by atoms with Gasteiger partial charge in [0.05, 0.1) is 6.54 Å². The Labute approximate surface area is 198 Å². The van der Waals surface area contributed by atoms with E-state index in [-0.39, 0.29) is 17.5 Å². The molecule has 1 aromatic heterocycles. The number of hydrogen-bond donors (Lipinski definition) is 0. The molecular weight excluding hydrogens is 431 g/mol. The van der Waals surface area contributed by atoms with E-state index in [1.807, 2.05) is 24.3 Å². The van der Waals surface area contributed by atoms with Gasteiger partial charge in [0.25, 0.3) is 0 Å². The number of carbonyl (C=O) groups is 1. The van der Waals surface area contributed by atoms with E-state index in [0.29, 0.717) is 24.3 Å². The summed E-state index contributed by atoms with van der Waals surface area (Å²) in [5.74, 6) is -0.000277. The van der Waals surface area contributed by atoms with Crippen LogP contribution in [0.25, 0.3) is 0 Å². The predicted octanol–water partition coefficient (Wildman–Crippen LogP) is 6.71. The van der Waals surface area contributed by atoms with E-state index in [0.717, 1.165) is 18.0 Å². The number of rotatable bonds is 10. The van der Waals surface area contributed by atoms with Gasteiger partial charge in [-0.15, -0.1) is 11.3 Å². The minimum atomic E-state index is -0.200. The van der Waals surface area contributed by atoms with Crippen LogP contribution in [-0.4, -0.2) is 22.2 Å². The van der Waals surface area contributed by atoms with Crippen molar-refractivity contribution in [2.45, 2.75) is 32.4 Å². The second kappa shape index (κ2) is 11.1. The van der Waals surface area contributed by atoms with E-state index in [9.17, 15) is 9.18 Å². The molecule has 0 spiro atoms. The van der Waals surface area contributed by atoms with Gasteiger partial charge in [0.1, 0.15) is 16.5 Å². The van der Waals surface area contributed by atoms with Crippen LogP contribution in [0.1, 0.15) is 51.4 Å². The first-order valence-electron chi connectivity index (χ1n) is 11.1. The summed E-state index contributed by atoms with van der Waals surface area (Å²) < 4.78 is 14.4. The second-order valence-electron chi connectivity index (χ2n) is 8.15. The highest BCUT2D eigenvalue weighted by atomic mass is 32.1. The number of carbonyl (C=O) groups excluding carboxylic acids is 1. The summed E-state index contributed by atoms with van der Waals surface area (Å²) in [6.45, 7) is 3.35. The van der Waals surface area contributed by atoms with Gasteiger partial charge >= 0.3 is 0 Å². The Hall–Kier alpha value is -3.15. The van der Waals surface area contributed by atoms with Crippen molar-refractivity contribution in [3.05, 3.63) is 124 Å². The molecule has 3 aromatic carbocycles. The fraction of sp³-hybridized carbons (Fsp3) is 0.214. The summed E-state index contributed by atoms with van der Waals surface area (Å²) in [4.78, 5) is 18.4. The van der Waals surface area contributed by atoms with Gasteiger partial charge in [-0.1, -0.05) is 78.9 Å². The van der Waals surface area contributed by atoms with Crippen molar-refractivity contribution >= 4 is 17.1 Å². The third-order valence-electron chi connectivity index (χ3n) is 5.76. The highest BCUT2D eigenvalue weighted by molar-refractivity contribution is 7.09. The Morgan fingerprint density at radius 3 is 2.09 bits per heavy atom. The maximum Gasteiger partial charge on any atom is 0.178 e. The number of aromatic nitrogens is 1. The fourth-order valence-electron chi connectivity index (χ4n) is 4.03. The molecular formula is C28H27FN2OS. The van der Waals surface area contributed by atoms with Crippen molar-refractivity contribution < 1.29 is 9.18 Å². The van der Waals surface area contributed by atoms with Gasteiger partial charge in [0.15, 0.2) is 5.78 Å². The van der Waals surface area contributed by atoms with Crippen LogP contribution < -0.4 is 0 Å². The molecule has 168 valence electrons. The molecule has 0 saturated carbocycles. The van der Waals surface area contributed by atoms with Crippen LogP contribution in [0.15, 0.2) is 90.3 Å². The van der Waals surface area contributed by atoms with Gasteiger partial charge in [0.2, 0.25) is 0 Å². The van der Waals surface area contributed by atoms with Crippen LogP contribution in [0.3, 0.4) is 0 Å². The normalized spacial score (nSPS) is 11.3. The van der Waals surface area contributed by atoms with Gasteiger partial charge in [-0.25, -0.2) is 9.37 Å². The number of nitrogens with zero attached hydrogens (tertiary/aromatic N) is 2. The first kappa shape index (κ1) is 23.0. The number of halogens is 1. The number of thiazole rings is 1. The van der Waals surface area contributed by atoms with Crippen LogP contribution in [0.2, 0.25) is 0 Å². The van der Waals surface area contributed by atoms with E-state index in [1.54, 1.807) is 11.4 Å². The van der Waals surface area contributed by atoms with E-state index >= 15 is 0 Å². The maximum atomic E-state index is 14.4. The van der Waals surface area contributed by atoms with E-state index < -0.39 is 0 Å². The smallest absolute Gasteiger partial charge is 0.178 e. The Bertz CT molecular complexity index is 1140. The van der Waals surface area contributed by atoms with Gasteiger partial charge in [0, 0.05) is 30.3 Å². The standard InChI is InChI=1S/C28H27FN2OS/c1-21(32)27-20-33-28(30-27)19-31(18-24-14-8-9-15-26(24)29)17-16-25(22-10-4-2-5-11-22)23-12-6-3-7-13-23/h2-15,20,25H,16-19H2,1H3. The molecule has 3 nitrogen and oxygen atoms in total. The second-order valence-corrected chi connectivity index (χ2v) is 9.09. The molecule has 0 unspecified atom stereocenters. The largest absolute Gasteiger partial charge is 0.293 e. The molecule has 0 aliphatic carbocycles. The Balaban J connectivity index is 1.57. The Morgan fingerprint density at radius 2 is 1.52 bits per heavy atom. The van der Waals surface area contributed by atoms with E-state index in [1.165, 1.54) is 35.5 Å². The van der Waals surface area contributed by atoms with Gasteiger partial charge in [-0.2, -0.15) is 0 Å². The lowest BCUT2D eigenvalue weighted by atomic mass is 9.88. The molecule has 0 aliphatic heterocycles. The summed E-state index contributed by atoms with van der Waals surface area (Å²) in [5.41, 5.74) is 3.69. The number of ketones is 1. The lowest BCUT2D eigenvalue weighted by molar-refractivity contribution is 0.101. The lowest BCUT2D eigenvalue weighted by Gasteiger charge is -2.25. The SMILES string of the molecule is CC(=O)c1csc(CN(CCC(c2ccccc2)c2ccccc2)Cc2ccccc2F)n1. The molecule has 1 heterocycles. The van der Waals surface area contributed by atoms with Gasteiger partial charge in [-0.3, -0.25) is 9.69 Å². The van der Waals surface area contributed by atoms with Crippen LogP contribution in [-0.2, 0) is 13.1 Å². The number of benzene rings is 3. The quantitative estimate of drug-likeness (QED) is 0.248. The monoisotopic (exact) mass is 458 g/mol. The summed E-state index contributed by atoms with van der Waals surface area (Å²) in [5, 5.41) is 2.67. The van der Waals surface area contributed by atoms with Crippen molar-refractivity contribution in [2.75, 3.05) is 6.54 Å². The maximum absolute atomic E-state index is 14.4. The first-order valence-corrected chi connectivity index (χ1v) is 12.0. The Morgan fingerprint density at radius 1 is 0.909 bits per heavy atom. The van der Waals surface area contributed by atoms with Gasteiger partial charge in [-0.05, 0) is 30.2 Å². The van der Waals surface area contributed by atoms with Crippen LogP contribution >= 0.6 is 11.3 Å². The molecule has 0 fully saturated rings. The van der Waals surface area contributed by atoms with E-state index in [4.69, 9.17) is 0 Å². The summed E-state index contributed by atoms with van der Waals surface area (Å²) >= 11 is 1.48. The van der Waals surface area contributed by atoms with E-state index in [2.05, 4.69) is 58.4 Å². The third kappa shape index (κ3) is 6.21. The van der Waals surface area contributed by atoms with Crippen LogP contribution in [0, 0.1) is 5.82 Å². The number of hydrogen-bond acceptors (Lipinski definition) is 4. The molecule has 0 bridgehead atoms. The minimum Gasteiger partial charge on any atom is -0.293 e. The number of Topliss-reactive ketones (excluding diaryl/α,β-unsaturated/α-hetero) is 1. The highest BCUT2D eigenvalue weighted by Crippen LogP contribution is 2.29. The first-order chi connectivity index (χ1) is 16.1. The molecule has 4 aromatic rings. The summed E-state index contributed by atoms with van der Waals surface area (Å²) in [7, 11) is 0. The van der Waals surface area contributed by atoms with Crippen molar-refractivity contribution in [1.82, 2.24) is 9.88 Å². The van der Waals surface area contributed by atoms with Crippen LogP contribution in [0.4, 0.5) is 4.39 Å². The molecule has 33 heavy (non-hydrogen) atoms. The van der Waals surface area contributed by atoms with Gasteiger partial charge < -0.3 is 0 Å². The third-order valence-corrected chi connectivity index (χ3v) is 6.59. The molecule has 0 aliphatic rings. The average molecular weight is 459 g/mol. The summed E-state index contributed by atoms with van der Waals surface area (Å²) in [6, 6.07) is 27.9. The van der Waals surface area contributed by atoms with Crippen molar-refractivity contribution in [3.63, 3.8) is 0 Å². The topological polar surface area (TPSA) is 33.2 Å². The molecule has 0 saturated heterocycles. The molecule has 0 amide bonds. The van der Waals surface area contributed by atoms with Crippen molar-refractivity contribution in [3.8, 4) is 0 Å². The molecule has 0 atom stereocenters. The van der Waals surface area contributed by atoms with Crippen molar-refractivity contribution in [1.29, 1.82) is 0 Å². The predicted molar refractivity (Wildman–Crippen MR) is 132 cm³/mol. The molecule has 0 N–H and O–H groups in total. The zero-order valence-electron chi connectivity index (χ0n) is 18.7. The molecule has 0 radical (unpaired) electrons. The molecule has 5 heteroatoms. The Kier molecular flexibility index (Phi) is 7.76. The van der Waals surface area contributed by atoms with Crippen molar-refractivity contribution in [2.24, 2.45) is 0 Å². The zero-order chi connectivity index (χ0) is 23.0. The minimum absolute atomic E-state index is 0.0358. The summed E-state index contributed by atoms with van der Waals surface area (Å²) in [6.07, 6.45) is 0.882.